The molecular weight excluding hydrogens is 260 g/mol. The lowest BCUT2D eigenvalue weighted by molar-refractivity contribution is -0.128. The third-order valence-electron chi connectivity index (χ3n) is 3.41. The van der Waals surface area contributed by atoms with Crippen molar-refractivity contribution in [1.82, 2.24) is 4.90 Å². The van der Waals surface area contributed by atoms with Crippen LogP contribution >= 0.6 is 0 Å². The number of likely N-dealkylation sites (N-methyl/N-ethyl adjacent to an activating group) is 1. The van der Waals surface area contributed by atoms with E-state index in [1.807, 2.05) is 38.1 Å². The summed E-state index contributed by atoms with van der Waals surface area (Å²) in [6, 6.07) is 14.2. The van der Waals surface area contributed by atoms with Crippen LogP contribution in [0.15, 0.2) is 54.6 Å². The molecule has 0 spiro atoms. The van der Waals surface area contributed by atoms with Gasteiger partial charge < -0.3 is 10.2 Å². The number of fused-ring (bicyclic) bond motifs is 1. The molecule has 2 aromatic carbocycles. The second-order valence-corrected chi connectivity index (χ2v) is 5.25. The van der Waals surface area contributed by atoms with Crippen LogP contribution in [0.25, 0.3) is 10.8 Å². The highest BCUT2D eigenvalue weighted by Gasteiger charge is 2.11. The molecule has 2 rings (SSSR count). The zero-order valence-electron chi connectivity index (χ0n) is 12.7. The van der Waals surface area contributed by atoms with Gasteiger partial charge in [0.15, 0.2) is 0 Å². The molecule has 0 radical (unpaired) electrons. The smallest absolute Gasteiger partial charge is 0.242 e. The first-order valence-electron chi connectivity index (χ1n) is 7.25. The number of carbonyl (C=O) groups is 1. The van der Waals surface area contributed by atoms with E-state index in [0.29, 0.717) is 19.6 Å². The Morgan fingerprint density at radius 3 is 2.62 bits per heavy atom. The summed E-state index contributed by atoms with van der Waals surface area (Å²) in [7, 11) is 0. The first-order chi connectivity index (χ1) is 10.1. The van der Waals surface area contributed by atoms with Gasteiger partial charge in [0.2, 0.25) is 5.91 Å². The molecule has 0 aliphatic heterocycles. The second kappa shape index (κ2) is 6.93. The SMILES string of the molecule is C=C(C)CN(CC)C(=O)CNc1cccc2ccccc12. The normalized spacial score (nSPS) is 10.4. The van der Waals surface area contributed by atoms with E-state index in [2.05, 4.69) is 30.1 Å². The standard InChI is InChI=1S/C18H22N2O/c1-4-20(13-14(2)3)18(21)12-19-17-11-7-9-15-8-5-6-10-16(15)17/h5-11,19H,2,4,12-13H2,1,3H3. The van der Waals surface area contributed by atoms with Gasteiger partial charge in [-0.25, -0.2) is 0 Å². The summed E-state index contributed by atoms with van der Waals surface area (Å²) in [5, 5.41) is 5.56. The number of hydrogen-bond donors (Lipinski definition) is 1. The lowest BCUT2D eigenvalue weighted by Crippen LogP contribution is -2.36. The Morgan fingerprint density at radius 1 is 1.19 bits per heavy atom. The molecule has 0 saturated heterocycles. The van der Waals surface area contributed by atoms with Gasteiger partial charge in [0, 0.05) is 24.2 Å². The van der Waals surface area contributed by atoms with Crippen LogP contribution in [-0.2, 0) is 4.79 Å². The molecule has 110 valence electrons. The lowest BCUT2D eigenvalue weighted by Gasteiger charge is -2.21. The second-order valence-electron chi connectivity index (χ2n) is 5.25. The van der Waals surface area contributed by atoms with Crippen molar-refractivity contribution in [3.8, 4) is 0 Å². The van der Waals surface area contributed by atoms with Gasteiger partial charge in [0.05, 0.1) is 6.54 Å². The highest BCUT2D eigenvalue weighted by molar-refractivity contribution is 5.95. The lowest BCUT2D eigenvalue weighted by atomic mass is 10.1. The summed E-state index contributed by atoms with van der Waals surface area (Å²) in [6.45, 7) is 9.41. The average Bonchev–Trinajstić information content (AvgIpc) is 2.50. The van der Waals surface area contributed by atoms with Crippen molar-refractivity contribution >= 4 is 22.4 Å². The van der Waals surface area contributed by atoms with Crippen LogP contribution in [0.1, 0.15) is 13.8 Å². The van der Waals surface area contributed by atoms with Crippen LogP contribution in [0.5, 0.6) is 0 Å². The van der Waals surface area contributed by atoms with Crippen molar-refractivity contribution in [3.05, 3.63) is 54.6 Å². The van der Waals surface area contributed by atoms with Crippen LogP contribution in [0.3, 0.4) is 0 Å². The molecular formula is C18H22N2O. The number of hydrogen-bond acceptors (Lipinski definition) is 2. The number of amides is 1. The van der Waals surface area contributed by atoms with Gasteiger partial charge >= 0.3 is 0 Å². The van der Waals surface area contributed by atoms with E-state index in [0.717, 1.165) is 16.6 Å². The van der Waals surface area contributed by atoms with Gasteiger partial charge in [-0.2, -0.15) is 0 Å². The van der Waals surface area contributed by atoms with Crippen molar-refractivity contribution in [1.29, 1.82) is 0 Å². The molecule has 0 unspecified atom stereocenters. The average molecular weight is 282 g/mol. The van der Waals surface area contributed by atoms with Crippen molar-refractivity contribution in [2.24, 2.45) is 0 Å². The summed E-state index contributed by atoms with van der Waals surface area (Å²) < 4.78 is 0. The molecule has 0 aromatic heterocycles. The first kappa shape index (κ1) is 15.1. The van der Waals surface area contributed by atoms with Crippen molar-refractivity contribution in [2.45, 2.75) is 13.8 Å². The summed E-state index contributed by atoms with van der Waals surface area (Å²) >= 11 is 0. The van der Waals surface area contributed by atoms with Crippen molar-refractivity contribution in [3.63, 3.8) is 0 Å². The van der Waals surface area contributed by atoms with Gasteiger partial charge in [-0.3, -0.25) is 4.79 Å². The topological polar surface area (TPSA) is 32.3 Å². The minimum atomic E-state index is 0.0911. The summed E-state index contributed by atoms with van der Waals surface area (Å²) in [4.78, 5) is 14.0. The zero-order chi connectivity index (χ0) is 15.2. The Morgan fingerprint density at radius 2 is 1.90 bits per heavy atom. The first-order valence-corrected chi connectivity index (χ1v) is 7.25. The van der Waals surface area contributed by atoms with Crippen LogP contribution < -0.4 is 5.32 Å². The molecule has 21 heavy (non-hydrogen) atoms. The predicted molar refractivity (Wildman–Crippen MR) is 89.5 cm³/mol. The van der Waals surface area contributed by atoms with E-state index in [9.17, 15) is 4.79 Å². The third kappa shape index (κ3) is 3.85. The van der Waals surface area contributed by atoms with Crippen LogP contribution in [0, 0.1) is 0 Å². The summed E-state index contributed by atoms with van der Waals surface area (Å²) in [5.74, 6) is 0.0911. The van der Waals surface area contributed by atoms with Gasteiger partial charge in [-0.05, 0) is 25.3 Å². The fourth-order valence-corrected chi connectivity index (χ4v) is 2.36. The van der Waals surface area contributed by atoms with Crippen molar-refractivity contribution < 1.29 is 4.79 Å². The molecule has 3 heteroatoms. The van der Waals surface area contributed by atoms with E-state index in [4.69, 9.17) is 0 Å². The van der Waals surface area contributed by atoms with Gasteiger partial charge in [0.1, 0.15) is 0 Å². The molecule has 0 atom stereocenters. The highest BCUT2D eigenvalue weighted by Crippen LogP contribution is 2.22. The Labute approximate surface area is 126 Å². The van der Waals surface area contributed by atoms with E-state index in [1.54, 1.807) is 4.90 Å². The molecule has 2 aromatic rings. The Hall–Kier alpha value is -2.29. The maximum Gasteiger partial charge on any atom is 0.242 e. The van der Waals surface area contributed by atoms with Gasteiger partial charge in [0.25, 0.3) is 0 Å². The number of rotatable bonds is 6. The fraction of sp³-hybridized carbons (Fsp3) is 0.278. The molecule has 0 saturated carbocycles. The zero-order valence-corrected chi connectivity index (χ0v) is 12.7. The molecule has 0 aliphatic carbocycles. The Kier molecular flexibility index (Phi) is 4.99. The largest absolute Gasteiger partial charge is 0.376 e. The van der Waals surface area contributed by atoms with E-state index in [1.165, 1.54) is 5.39 Å². The summed E-state index contributed by atoms with van der Waals surface area (Å²) in [5.41, 5.74) is 1.99. The molecule has 0 heterocycles. The number of nitrogens with zero attached hydrogens (tertiary/aromatic N) is 1. The van der Waals surface area contributed by atoms with Crippen LogP contribution in [-0.4, -0.2) is 30.4 Å². The number of anilines is 1. The Balaban J connectivity index is 2.07. The van der Waals surface area contributed by atoms with E-state index in [-0.39, 0.29) is 5.91 Å². The third-order valence-corrected chi connectivity index (χ3v) is 3.41. The van der Waals surface area contributed by atoms with E-state index < -0.39 is 0 Å². The maximum absolute atomic E-state index is 12.2. The molecule has 1 amide bonds. The number of benzene rings is 2. The Bertz CT molecular complexity index is 643. The molecule has 1 N–H and O–H groups in total. The molecule has 0 aliphatic rings. The van der Waals surface area contributed by atoms with Gasteiger partial charge in [-0.1, -0.05) is 48.6 Å². The molecule has 3 nitrogen and oxygen atoms in total. The minimum Gasteiger partial charge on any atom is -0.376 e. The fourth-order valence-electron chi connectivity index (χ4n) is 2.36. The van der Waals surface area contributed by atoms with Crippen LogP contribution in [0.4, 0.5) is 5.69 Å². The summed E-state index contributed by atoms with van der Waals surface area (Å²) in [6.07, 6.45) is 0. The van der Waals surface area contributed by atoms with Gasteiger partial charge in [-0.15, -0.1) is 0 Å². The molecule has 0 bridgehead atoms. The quantitative estimate of drug-likeness (QED) is 0.820. The minimum absolute atomic E-state index is 0.0911. The van der Waals surface area contributed by atoms with E-state index >= 15 is 0 Å². The highest BCUT2D eigenvalue weighted by atomic mass is 16.2. The predicted octanol–water partition coefficient (Wildman–Crippen LogP) is 3.68. The van der Waals surface area contributed by atoms with Crippen LogP contribution in [0.2, 0.25) is 0 Å². The monoisotopic (exact) mass is 282 g/mol. The number of carbonyl (C=O) groups excluding carboxylic acids is 1. The van der Waals surface area contributed by atoms with Crippen molar-refractivity contribution in [2.75, 3.05) is 25.0 Å². The number of nitrogens with one attached hydrogen (secondary N) is 1. The molecule has 0 fully saturated rings. The maximum atomic E-state index is 12.2.